The lowest BCUT2D eigenvalue weighted by Crippen LogP contribution is -2.35. The number of nitrogens with zero attached hydrogens (tertiary/aromatic N) is 5. The Hall–Kier alpha value is -5.55. The molecule has 0 saturated heterocycles. The minimum Gasteiger partial charge on any atom is -0.378 e. The molecule has 2 aliphatic carbocycles. The molecule has 2 aromatic carbocycles. The van der Waals surface area contributed by atoms with Crippen molar-refractivity contribution >= 4 is 32.7 Å². The highest BCUT2D eigenvalue weighted by Crippen LogP contribution is 2.68. The van der Waals surface area contributed by atoms with Crippen molar-refractivity contribution in [1.29, 1.82) is 0 Å². The third-order valence-electron chi connectivity index (χ3n) is 9.74. The predicted molar refractivity (Wildman–Crippen MR) is 193 cm³/mol. The Bertz CT molecular complexity index is 2640. The van der Waals surface area contributed by atoms with Crippen LogP contribution in [0.15, 0.2) is 42.5 Å². The van der Waals surface area contributed by atoms with E-state index in [0.29, 0.717) is 10.7 Å². The molecule has 0 unspecified atom stereocenters. The van der Waals surface area contributed by atoms with Crippen molar-refractivity contribution in [3.05, 3.63) is 93.6 Å². The van der Waals surface area contributed by atoms with Crippen LogP contribution in [0.3, 0.4) is 0 Å². The van der Waals surface area contributed by atoms with E-state index in [0.717, 1.165) is 29.1 Å². The number of aromatic nitrogens is 5. The van der Waals surface area contributed by atoms with Crippen LogP contribution in [0.2, 0.25) is 0 Å². The lowest BCUT2D eigenvalue weighted by Gasteiger charge is -2.23. The number of pyridine rings is 1. The lowest BCUT2D eigenvalue weighted by atomic mass is 9.92. The number of carbonyl (C=O) groups is 1. The first-order chi connectivity index (χ1) is 27.0. The number of alkyl halides is 6. The fourth-order valence-corrected chi connectivity index (χ4v) is 7.97. The van der Waals surface area contributed by atoms with Crippen molar-refractivity contribution < 1.29 is 53.4 Å². The minimum atomic E-state index is -4.04. The maximum atomic E-state index is 15.4. The van der Waals surface area contributed by atoms with E-state index in [-0.39, 0.29) is 51.0 Å². The van der Waals surface area contributed by atoms with Gasteiger partial charge in [-0.15, -0.1) is 0 Å². The molecule has 3 heterocycles. The molecule has 2 aliphatic rings. The van der Waals surface area contributed by atoms with Gasteiger partial charge in [-0.3, -0.25) is 18.9 Å². The van der Waals surface area contributed by atoms with E-state index in [1.165, 1.54) is 39.1 Å². The Labute approximate surface area is 325 Å². The van der Waals surface area contributed by atoms with Crippen LogP contribution in [0.1, 0.15) is 84.5 Å². The number of fused-ring (bicyclic) bond motifs is 4. The quantitative estimate of drug-likeness (QED) is 0.0983. The largest absolute Gasteiger partial charge is 0.378 e. The number of rotatable bonds is 11. The Balaban J connectivity index is 1.41. The summed E-state index contributed by atoms with van der Waals surface area (Å²) in [5, 5.41) is 20.5. The van der Waals surface area contributed by atoms with Gasteiger partial charge in [-0.2, -0.15) is 19.0 Å². The summed E-state index contributed by atoms with van der Waals surface area (Å²) in [6, 6.07) is 6.20. The van der Waals surface area contributed by atoms with Crippen molar-refractivity contribution in [3.8, 4) is 23.0 Å². The monoisotopic (exact) mass is 835 g/mol. The van der Waals surface area contributed by atoms with Crippen LogP contribution in [0, 0.1) is 29.4 Å². The Morgan fingerprint density at radius 3 is 2.31 bits per heavy atom. The Morgan fingerprint density at radius 1 is 1.02 bits per heavy atom. The lowest BCUT2D eigenvalue weighted by molar-refractivity contribution is -0.123. The summed E-state index contributed by atoms with van der Waals surface area (Å²) in [6.07, 6.45) is -5.98. The molecule has 11 nitrogen and oxygen atoms in total. The number of benzene rings is 2. The van der Waals surface area contributed by atoms with Crippen LogP contribution in [0.4, 0.5) is 40.9 Å². The number of hydrogen-bond donors (Lipinski definition) is 3. The minimum absolute atomic E-state index is 0.0132. The number of carbonyl (C=O) groups excluding carboxylic acids is 1. The smallest absolute Gasteiger partial charge is 0.293 e. The van der Waals surface area contributed by atoms with Crippen molar-refractivity contribution in [2.24, 2.45) is 13.0 Å². The molecule has 1 amide bonds. The topological polar surface area (TPSA) is 144 Å². The summed E-state index contributed by atoms with van der Waals surface area (Å²) < 4.78 is 145. The highest BCUT2D eigenvalue weighted by Gasteiger charge is 2.67. The standard InChI is InChI=1S/C38H33F8N7O4S/c1-37(2,55)10-9-20-5-6-21(22-7-8-23(34(41)42)29-32(22)52(3)50-36(29)51-58(4,56)57)30(47-20)26(13-17-11-18(39)14-19(40)12-17)48-27(54)16-53-33-28(31(49-53)35(43)44)24-15-25(24)38(33,45)46/h5-8,11-12,14,24-26,34-35,55H,13,15-16H2,1-4H3,(H,48,54)(H,50,51)/t24-,25+,26-/m0/s1. The third-order valence-corrected chi connectivity index (χ3v) is 10.3. The number of aliphatic hydroxyl groups is 1. The molecule has 0 radical (unpaired) electrons. The summed E-state index contributed by atoms with van der Waals surface area (Å²) in [6.45, 7) is 1.80. The van der Waals surface area contributed by atoms with Crippen molar-refractivity contribution in [1.82, 2.24) is 29.9 Å². The zero-order valence-corrected chi connectivity index (χ0v) is 31.7. The molecular weight excluding hydrogens is 803 g/mol. The van der Waals surface area contributed by atoms with Gasteiger partial charge in [0.25, 0.3) is 18.8 Å². The molecule has 5 aromatic rings. The normalized spacial score (nSPS) is 17.6. The van der Waals surface area contributed by atoms with Gasteiger partial charge in [0.15, 0.2) is 5.82 Å². The Kier molecular flexibility index (Phi) is 10.1. The number of aryl methyl sites for hydroxylation is 1. The molecule has 3 N–H and O–H groups in total. The van der Waals surface area contributed by atoms with Crippen LogP contribution in [0.5, 0.6) is 0 Å². The van der Waals surface area contributed by atoms with Gasteiger partial charge in [-0.1, -0.05) is 18.1 Å². The molecule has 0 spiro atoms. The van der Waals surface area contributed by atoms with Gasteiger partial charge in [0, 0.05) is 41.3 Å². The van der Waals surface area contributed by atoms with Gasteiger partial charge in [0.05, 0.1) is 28.9 Å². The van der Waals surface area contributed by atoms with E-state index in [2.05, 4.69) is 37.1 Å². The van der Waals surface area contributed by atoms with E-state index in [1.807, 2.05) is 0 Å². The maximum Gasteiger partial charge on any atom is 0.293 e. The highest BCUT2D eigenvalue weighted by molar-refractivity contribution is 7.92. The third kappa shape index (κ3) is 7.84. The predicted octanol–water partition coefficient (Wildman–Crippen LogP) is 6.79. The molecule has 3 atom stereocenters. The number of halogens is 8. The SMILES string of the molecule is Cn1nc(NS(C)(=O)=O)c2c(C(F)F)ccc(-c3ccc(C#CC(C)(C)O)nc3[C@H](Cc3cc(F)cc(F)c3)NC(=O)Cn3nc(C(F)F)c4c3C(F)(F)[C@@H]3C[C@H]43)c21. The van der Waals surface area contributed by atoms with E-state index in [1.54, 1.807) is 0 Å². The van der Waals surface area contributed by atoms with Gasteiger partial charge in [0.2, 0.25) is 15.9 Å². The first kappa shape index (κ1) is 40.6. The van der Waals surface area contributed by atoms with Gasteiger partial charge in [-0.25, -0.2) is 39.7 Å². The first-order valence-corrected chi connectivity index (χ1v) is 19.4. The average Bonchev–Trinajstić information content (AvgIpc) is 3.65. The van der Waals surface area contributed by atoms with Gasteiger partial charge in [0.1, 0.15) is 40.9 Å². The molecule has 1 fully saturated rings. The summed E-state index contributed by atoms with van der Waals surface area (Å²) in [5.74, 6) is -3.79. The highest BCUT2D eigenvalue weighted by atomic mass is 32.2. The van der Waals surface area contributed by atoms with Crippen LogP contribution in [-0.2, 0) is 40.8 Å². The number of anilines is 1. The molecular formula is C38H33F8N7O4S. The van der Waals surface area contributed by atoms with Gasteiger partial charge in [-0.05, 0) is 68.4 Å². The Morgan fingerprint density at radius 2 is 1.69 bits per heavy atom. The summed E-state index contributed by atoms with van der Waals surface area (Å²) in [7, 11) is -2.68. The van der Waals surface area contributed by atoms with Crippen LogP contribution >= 0.6 is 0 Å². The molecule has 1 saturated carbocycles. The number of sulfonamides is 1. The summed E-state index contributed by atoms with van der Waals surface area (Å²) in [5.41, 5.74) is -4.08. The van der Waals surface area contributed by atoms with Gasteiger partial charge < -0.3 is 10.4 Å². The van der Waals surface area contributed by atoms with Crippen molar-refractivity contribution in [2.45, 2.75) is 69.6 Å². The fourth-order valence-electron chi connectivity index (χ4n) is 7.48. The van der Waals surface area contributed by atoms with Crippen molar-refractivity contribution in [3.63, 3.8) is 0 Å². The molecule has 7 rings (SSSR count). The molecule has 306 valence electrons. The fraction of sp³-hybridized carbons (Fsp3) is 0.368. The van der Waals surface area contributed by atoms with E-state index in [4.69, 9.17) is 0 Å². The van der Waals surface area contributed by atoms with E-state index < -0.39 is 106 Å². The molecule has 58 heavy (non-hydrogen) atoms. The van der Waals surface area contributed by atoms with Crippen LogP contribution in [0.25, 0.3) is 22.0 Å². The van der Waals surface area contributed by atoms with Crippen LogP contribution < -0.4 is 10.0 Å². The van der Waals surface area contributed by atoms with E-state index in [9.17, 15) is 44.7 Å². The first-order valence-electron chi connectivity index (χ1n) is 17.6. The second kappa shape index (κ2) is 14.4. The zero-order valence-electron chi connectivity index (χ0n) is 30.9. The molecule has 0 bridgehead atoms. The molecule has 0 aliphatic heterocycles. The maximum absolute atomic E-state index is 15.4. The summed E-state index contributed by atoms with van der Waals surface area (Å²) in [4.78, 5) is 18.5. The molecule has 20 heteroatoms. The van der Waals surface area contributed by atoms with Gasteiger partial charge >= 0.3 is 0 Å². The molecule has 3 aromatic heterocycles. The number of amides is 1. The second-order valence-corrected chi connectivity index (χ2v) is 16.5. The number of hydrogen-bond acceptors (Lipinski definition) is 7. The average molecular weight is 836 g/mol. The zero-order chi connectivity index (χ0) is 42.2. The van der Waals surface area contributed by atoms with Crippen LogP contribution in [-0.4, -0.2) is 55.8 Å². The van der Waals surface area contributed by atoms with E-state index >= 15 is 8.78 Å². The second-order valence-electron chi connectivity index (χ2n) is 14.8. The van der Waals surface area contributed by atoms with Crippen molar-refractivity contribution in [2.75, 3.05) is 11.0 Å². The number of nitrogens with one attached hydrogen (secondary N) is 2. The summed E-state index contributed by atoms with van der Waals surface area (Å²) >= 11 is 0.